The van der Waals surface area contributed by atoms with Gasteiger partial charge in [0.25, 0.3) is 5.69 Å². The van der Waals surface area contributed by atoms with Gasteiger partial charge in [0.2, 0.25) is 0 Å². The number of urea groups is 1. The molecule has 0 spiro atoms. The smallest absolute Gasteiger partial charge is 0.319 e. The Balaban J connectivity index is 2.01. The molecule has 0 fully saturated rings. The van der Waals surface area contributed by atoms with Crippen LogP contribution in [0.5, 0.6) is 0 Å². The van der Waals surface area contributed by atoms with E-state index in [1.165, 1.54) is 48.5 Å². The number of rotatable bonds is 6. The molecule has 2 aromatic carbocycles. The van der Waals surface area contributed by atoms with Crippen LogP contribution >= 0.6 is 0 Å². The van der Waals surface area contributed by atoms with Crippen LogP contribution in [0.25, 0.3) is 0 Å². The van der Waals surface area contributed by atoms with Crippen LogP contribution < -0.4 is 10.6 Å². The quantitative estimate of drug-likeness (QED) is 0.469. The zero-order chi connectivity index (χ0) is 18.4. The number of aliphatic hydroxyl groups is 2. The molecule has 2 aromatic rings. The summed E-state index contributed by atoms with van der Waals surface area (Å²) in [6, 6.07) is 8.42. The minimum Gasteiger partial charge on any atom is -0.394 e. The van der Waals surface area contributed by atoms with Crippen molar-refractivity contribution < 1.29 is 24.3 Å². The summed E-state index contributed by atoms with van der Waals surface area (Å²) in [7, 11) is 0. The fraction of sp³-hybridized carbons (Fsp3) is 0.188. The van der Waals surface area contributed by atoms with Gasteiger partial charge in [0.15, 0.2) is 0 Å². The SMILES string of the molecule is O=C(Nc1ccc(F)cc1)NC(CO)C(O)c1ccc([N+](=O)[O-])cc1. The number of hydrogen-bond acceptors (Lipinski definition) is 5. The van der Waals surface area contributed by atoms with Crippen molar-refractivity contribution in [1.29, 1.82) is 0 Å². The van der Waals surface area contributed by atoms with E-state index in [9.17, 15) is 29.5 Å². The highest BCUT2D eigenvalue weighted by molar-refractivity contribution is 5.89. The van der Waals surface area contributed by atoms with Crippen LogP contribution in [-0.2, 0) is 0 Å². The second kappa shape index (κ2) is 8.18. The highest BCUT2D eigenvalue weighted by Gasteiger charge is 2.23. The van der Waals surface area contributed by atoms with E-state index in [2.05, 4.69) is 10.6 Å². The highest BCUT2D eigenvalue weighted by Crippen LogP contribution is 2.20. The van der Waals surface area contributed by atoms with Gasteiger partial charge < -0.3 is 20.8 Å². The van der Waals surface area contributed by atoms with Gasteiger partial charge in [-0.2, -0.15) is 0 Å². The number of nitro groups is 1. The first-order chi connectivity index (χ1) is 11.9. The number of nitro benzene ring substituents is 1. The summed E-state index contributed by atoms with van der Waals surface area (Å²) in [5, 5.41) is 35.1. The zero-order valence-corrected chi connectivity index (χ0v) is 12.9. The summed E-state index contributed by atoms with van der Waals surface area (Å²) in [6.45, 7) is -0.561. The molecule has 2 amide bonds. The molecular formula is C16H16FN3O5. The molecule has 9 heteroatoms. The summed E-state index contributed by atoms with van der Waals surface area (Å²) >= 11 is 0. The molecular weight excluding hydrogens is 333 g/mol. The first-order valence-electron chi connectivity index (χ1n) is 7.27. The van der Waals surface area contributed by atoms with Gasteiger partial charge in [-0.25, -0.2) is 9.18 Å². The number of halogens is 1. The predicted molar refractivity (Wildman–Crippen MR) is 87.5 cm³/mol. The van der Waals surface area contributed by atoms with E-state index in [1.54, 1.807) is 0 Å². The van der Waals surface area contributed by atoms with Gasteiger partial charge in [0, 0.05) is 17.8 Å². The molecule has 2 rings (SSSR count). The van der Waals surface area contributed by atoms with Crippen molar-refractivity contribution in [2.24, 2.45) is 0 Å². The summed E-state index contributed by atoms with van der Waals surface area (Å²) < 4.78 is 12.8. The lowest BCUT2D eigenvalue weighted by atomic mass is 10.0. The van der Waals surface area contributed by atoms with Gasteiger partial charge in [0.05, 0.1) is 17.6 Å². The van der Waals surface area contributed by atoms with Gasteiger partial charge in [0.1, 0.15) is 11.9 Å². The second-order valence-electron chi connectivity index (χ2n) is 5.19. The number of nitrogens with one attached hydrogen (secondary N) is 2. The van der Waals surface area contributed by atoms with E-state index in [-0.39, 0.29) is 5.69 Å². The molecule has 0 aliphatic rings. The topological polar surface area (TPSA) is 125 Å². The lowest BCUT2D eigenvalue weighted by Crippen LogP contribution is -2.44. The Kier molecular flexibility index (Phi) is 5.98. The van der Waals surface area contributed by atoms with Gasteiger partial charge in [-0.3, -0.25) is 10.1 Å². The molecule has 2 atom stereocenters. The van der Waals surface area contributed by atoms with Crippen molar-refractivity contribution in [2.75, 3.05) is 11.9 Å². The molecule has 4 N–H and O–H groups in total. The average molecular weight is 349 g/mol. The number of aliphatic hydroxyl groups excluding tert-OH is 2. The molecule has 0 saturated heterocycles. The third-order valence-electron chi connectivity index (χ3n) is 3.44. The predicted octanol–water partition coefficient (Wildman–Crippen LogP) is 1.95. The zero-order valence-electron chi connectivity index (χ0n) is 12.9. The van der Waals surface area contributed by atoms with Crippen LogP contribution in [0.4, 0.5) is 20.6 Å². The van der Waals surface area contributed by atoms with Crippen molar-refractivity contribution in [3.63, 3.8) is 0 Å². The van der Waals surface area contributed by atoms with E-state index in [4.69, 9.17) is 0 Å². The van der Waals surface area contributed by atoms with Crippen molar-refractivity contribution in [3.05, 3.63) is 70.0 Å². The molecule has 2 unspecified atom stereocenters. The van der Waals surface area contributed by atoms with Crippen molar-refractivity contribution >= 4 is 17.4 Å². The number of nitrogens with zero attached hydrogens (tertiary/aromatic N) is 1. The number of carbonyl (C=O) groups excluding carboxylic acids is 1. The Morgan fingerprint density at radius 2 is 1.76 bits per heavy atom. The average Bonchev–Trinajstić information content (AvgIpc) is 2.61. The maximum atomic E-state index is 12.8. The Morgan fingerprint density at radius 3 is 2.28 bits per heavy atom. The van der Waals surface area contributed by atoms with Gasteiger partial charge in [-0.1, -0.05) is 0 Å². The highest BCUT2D eigenvalue weighted by atomic mass is 19.1. The largest absolute Gasteiger partial charge is 0.394 e. The van der Waals surface area contributed by atoms with E-state index >= 15 is 0 Å². The lowest BCUT2D eigenvalue weighted by Gasteiger charge is -2.22. The van der Waals surface area contributed by atoms with E-state index < -0.39 is 35.5 Å². The van der Waals surface area contributed by atoms with Gasteiger partial charge in [-0.15, -0.1) is 0 Å². The monoisotopic (exact) mass is 349 g/mol. The van der Waals surface area contributed by atoms with Crippen molar-refractivity contribution in [1.82, 2.24) is 5.32 Å². The molecule has 0 saturated carbocycles. The van der Waals surface area contributed by atoms with Crippen LogP contribution in [-0.4, -0.2) is 33.8 Å². The Labute approximate surface area is 142 Å². The maximum Gasteiger partial charge on any atom is 0.319 e. The summed E-state index contributed by atoms with van der Waals surface area (Å²) in [6.07, 6.45) is -1.27. The van der Waals surface area contributed by atoms with Crippen molar-refractivity contribution in [2.45, 2.75) is 12.1 Å². The van der Waals surface area contributed by atoms with Gasteiger partial charge >= 0.3 is 6.03 Å². The Morgan fingerprint density at radius 1 is 1.16 bits per heavy atom. The fourth-order valence-electron chi connectivity index (χ4n) is 2.12. The number of hydrogen-bond donors (Lipinski definition) is 4. The molecule has 0 aliphatic heterocycles. The van der Waals surface area contributed by atoms with Crippen molar-refractivity contribution in [3.8, 4) is 0 Å². The minimum atomic E-state index is -1.27. The van der Waals surface area contributed by atoms with Crippen LogP contribution in [0.2, 0.25) is 0 Å². The standard InChI is InChI=1S/C16H16FN3O5/c17-11-3-5-12(6-4-11)18-16(23)19-14(9-21)15(22)10-1-7-13(8-2-10)20(24)25/h1-8,14-15,21-22H,9H2,(H2,18,19,23). The third kappa shape index (κ3) is 4.96. The number of amides is 2. The van der Waals surface area contributed by atoms with E-state index in [1.807, 2.05) is 0 Å². The number of anilines is 1. The number of carbonyl (C=O) groups is 1. The third-order valence-corrected chi connectivity index (χ3v) is 3.44. The first kappa shape index (κ1) is 18.3. The maximum absolute atomic E-state index is 12.8. The van der Waals surface area contributed by atoms with Crippen LogP contribution in [0, 0.1) is 15.9 Å². The van der Waals surface area contributed by atoms with Crippen LogP contribution in [0.15, 0.2) is 48.5 Å². The molecule has 25 heavy (non-hydrogen) atoms. The fourth-order valence-corrected chi connectivity index (χ4v) is 2.12. The molecule has 0 heterocycles. The number of benzene rings is 2. The van der Waals surface area contributed by atoms with Crippen LogP contribution in [0.1, 0.15) is 11.7 Å². The van der Waals surface area contributed by atoms with E-state index in [0.29, 0.717) is 11.3 Å². The second-order valence-corrected chi connectivity index (χ2v) is 5.19. The van der Waals surface area contributed by atoms with Gasteiger partial charge in [-0.05, 0) is 42.0 Å². The Hall–Kier alpha value is -3.04. The summed E-state index contributed by atoms with van der Waals surface area (Å²) in [4.78, 5) is 22.0. The summed E-state index contributed by atoms with van der Waals surface area (Å²) in [5.74, 6) is -0.451. The summed E-state index contributed by atoms with van der Waals surface area (Å²) in [5.41, 5.74) is 0.491. The molecule has 0 aliphatic carbocycles. The molecule has 0 radical (unpaired) electrons. The molecule has 8 nitrogen and oxygen atoms in total. The molecule has 0 aromatic heterocycles. The van der Waals surface area contributed by atoms with E-state index in [0.717, 1.165) is 0 Å². The minimum absolute atomic E-state index is 0.140. The number of non-ortho nitro benzene ring substituents is 1. The molecule has 0 bridgehead atoms. The normalized spacial score (nSPS) is 12.9. The first-order valence-corrected chi connectivity index (χ1v) is 7.27. The molecule has 132 valence electrons. The Bertz CT molecular complexity index is 736. The van der Waals surface area contributed by atoms with Crippen LogP contribution in [0.3, 0.4) is 0 Å². The lowest BCUT2D eigenvalue weighted by molar-refractivity contribution is -0.384.